The number of amides is 2. The molecule has 5 nitrogen and oxygen atoms in total. The zero-order valence-corrected chi connectivity index (χ0v) is 15.9. The summed E-state index contributed by atoms with van der Waals surface area (Å²) >= 11 is 0. The van der Waals surface area contributed by atoms with E-state index in [1.807, 2.05) is 13.8 Å². The fourth-order valence-electron chi connectivity index (χ4n) is 4.03. The topological polar surface area (TPSA) is 55.8 Å². The average molecular weight is 379 g/mol. The first-order chi connectivity index (χ1) is 11.9. The van der Waals surface area contributed by atoms with Gasteiger partial charge in [-0.2, -0.15) is 13.2 Å². The summed E-state index contributed by atoms with van der Waals surface area (Å²) in [5.41, 5.74) is 0. The van der Waals surface area contributed by atoms with Crippen molar-refractivity contribution in [2.45, 2.75) is 78.3 Å². The Kier molecular flexibility index (Phi) is 6.13. The molecule has 2 rings (SSSR count). The lowest BCUT2D eigenvalue weighted by molar-refractivity contribution is -0.203. The van der Waals surface area contributed by atoms with Crippen molar-refractivity contribution in [3.05, 3.63) is 0 Å². The Hall–Kier alpha value is -1.47. The standard InChI is InChI=1S/C18H28F3NO4/c1-9(2)12-7-6-11(5)8-13(12)25-16(23)22-14(10(3)4)15(18(19,20)21)26-17(22)24/h9-15H,6-8H2,1-5H3/t11?,12?,13?,14-,15+/m0/s1. The summed E-state index contributed by atoms with van der Waals surface area (Å²) < 4.78 is 49.6. The monoisotopic (exact) mass is 379 g/mol. The molecule has 8 heteroatoms. The van der Waals surface area contributed by atoms with Crippen molar-refractivity contribution in [2.24, 2.45) is 23.7 Å². The second-order valence-electron chi connectivity index (χ2n) is 8.20. The van der Waals surface area contributed by atoms with Crippen molar-refractivity contribution in [1.29, 1.82) is 0 Å². The first-order valence-electron chi connectivity index (χ1n) is 9.20. The smallest absolute Gasteiger partial charge is 0.427 e. The van der Waals surface area contributed by atoms with Crippen molar-refractivity contribution < 1.29 is 32.2 Å². The molecule has 26 heavy (non-hydrogen) atoms. The molecule has 1 aliphatic carbocycles. The van der Waals surface area contributed by atoms with E-state index < -0.39 is 42.5 Å². The lowest BCUT2D eigenvalue weighted by Crippen LogP contribution is -2.50. The third kappa shape index (κ3) is 4.26. The van der Waals surface area contributed by atoms with Crippen LogP contribution in [0.1, 0.15) is 53.9 Å². The highest BCUT2D eigenvalue weighted by Gasteiger charge is 2.59. The number of alkyl halides is 3. The van der Waals surface area contributed by atoms with E-state index in [0.29, 0.717) is 17.2 Å². The third-order valence-electron chi connectivity index (χ3n) is 5.45. The second-order valence-corrected chi connectivity index (χ2v) is 8.20. The van der Waals surface area contributed by atoms with Crippen LogP contribution in [0.15, 0.2) is 0 Å². The lowest BCUT2D eigenvalue weighted by Gasteiger charge is -2.37. The van der Waals surface area contributed by atoms with Gasteiger partial charge >= 0.3 is 18.4 Å². The molecule has 1 saturated heterocycles. The Labute approximate surface area is 152 Å². The summed E-state index contributed by atoms with van der Waals surface area (Å²) in [6, 6.07) is -1.42. The van der Waals surface area contributed by atoms with Crippen LogP contribution in [0.5, 0.6) is 0 Å². The minimum Gasteiger partial charge on any atom is -0.445 e. The minimum atomic E-state index is -4.74. The Morgan fingerprint density at radius 1 is 1.19 bits per heavy atom. The number of imide groups is 1. The minimum absolute atomic E-state index is 0.129. The van der Waals surface area contributed by atoms with E-state index >= 15 is 0 Å². The molecule has 5 atom stereocenters. The van der Waals surface area contributed by atoms with Crippen LogP contribution in [0, 0.1) is 23.7 Å². The Morgan fingerprint density at radius 3 is 2.31 bits per heavy atom. The maximum absolute atomic E-state index is 13.2. The average Bonchev–Trinajstić information content (AvgIpc) is 2.84. The molecule has 0 aromatic rings. The zero-order valence-electron chi connectivity index (χ0n) is 15.9. The first kappa shape index (κ1) is 20.8. The first-order valence-corrected chi connectivity index (χ1v) is 9.20. The van der Waals surface area contributed by atoms with Crippen LogP contribution in [0.3, 0.4) is 0 Å². The van der Waals surface area contributed by atoms with Crippen molar-refractivity contribution >= 4 is 12.2 Å². The summed E-state index contributed by atoms with van der Waals surface area (Å²) in [6.07, 6.45) is -7.24. The number of ether oxygens (including phenoxy) is 2. The number of rotatable bonds is 3. The van der Waals surface area contributed by atoms with Gasteiger partial charge in [0.25, 0.3) is 0 Å². The quantitative estimate of drug-likeness (QED) is 0.693. The molecule has 0 bridgehead atoms. The van der Waals surface area contributed by atoms with Gasteiger partial charge < -0.3 is 9.47 Å². The molecule has 2 amide bonds. The highest BCUT2D eigenvalue weighted by molar-refractivity contribution is 5.90. The highest BCUT2D eigenvalue weighted by Crippen LogP contribution is 2.39. The van der Waals surface area contributed by atoms with Gasteiger partial charge in [0.05, 0.1) is 6.04 Å². The van der Waals surface area contributed by atoms with Crippen LogP contribution in [0.25, 0.3) is 0 Å². The second kappa shape index (κ2) is 7.64. The van der Waals surface area contributed by atoms with Crippen molar-refractivity contribution in [3.63, 3.8) is 0 Å². The molecular formula is C18H28F3NO4. The summed E-state index contributed by atoms with van der Waals surface area (Å²) in [7, 11) is 0. The molecule has 2 aliphatic rings. The van der Waals surface area contributed by atoms with Crippen LogP contribution in [0.2, 0.25) is 0 Å². The summed E-state index contributed by atoms with van der Waals surface area (Å²) in [6.45, 7) is 9.15. The van der Waals surface area contributed by atoms with Crippen molar-refractivity contribution in [1.82, 2.24) is 4.90 Å². The predicted octanol–water partition coefficient (Wildman–Crippen LogP) is 4.99. The van der Waals surface area contributed by atoms with Gasteiger partial charge in [0, 0.05) is 0 Å². The van der Waals surface area contributed by atoms with Crippen LogP contribution < -0.4 is 0 Å². The predicted molar refractivity (Wildman–Crippen MR) is 88.4 cm³/mol. The largest absolute Gasteiger partial charge is 0.445 e. The molecule has 1 saturated carbocycles. The van der Waals surface area contributed by atoms with Gasteiger partial charge in [0.1, 0.15) is 6.10 Å². The van der Waals surface area contributed by atoms with Gasteiger partial charge in [-0.15, -0.1) is 0 Å². The molecule has 150 valence electrons. The lowest BCUT2D eigenvalue weighted by atomic mass is 9.75. The van der Waals surface area contributed by atoms with E-state index in [0.717, 1.165) is 12.8 Å². The summed E-state index contributed by atoms with van der Waals surface area (Å²) in [5, 5.41) is 0. The van der Waals surface area contributed by atoms with E-state index in [2.05, 4.69) is 11.7 Å². The van der Waals surface area contributed by atoms with Crippen LogP contribution in [0.4, 0.5) is 22.8 Å². The number of nitrogens with zero attached hydrogens (tertiary/aromatic N) is 1. The SMILES string of the molecule is CC1CCC(C(C)C)C(OC(=O)N2C(=O)O[C@@H](C(F)(F)F)[C@@H]2C(C)C)C1. The fraction of sp³-hybridized carbons (Fsp3) is 0.889. The molecule has 0 N–H and O–H groups in total. The molecule has 1 heterocycles. The molecule has 0 radical (unpaired) electrons. The van der Waals surface area contributed by atoms with Crippen LogP contribution >= 0.6 is 0 Å². The number of halogens is 3. The molecule has 3 unspecified atom stereocenters. The van der Waals surface area contributed by atoms with Gasteiger partial charge in [-0.25, -0.2) is 14.5 Å². The molecular weight excluding hydrogens is 351 g/mol. The number of carbonyl (C=O) groups is 2. The molecule has 0 spiro atoms. The Balaban J connectivity index is 2.19. The number of cyclic esters (lactones) is 1. The van der Waals surface area contributed by atoms with E-state index in [4.69, 9.17) is 4.74 Å². The number of hydrogen-bond donors (Lipinski definition) is 0. The maximum Gasteiger partial charge on any atom is 0.427 e. The molecule has 2 fully saturated rings. The fourth-order valence-corrected chi connectivity index (χ4v) is 4.03. The van der Waals surface area contributed by atoms with Crippen LogP contribution in [-0.2, 0) is 9.47 Å². The summed E-state index contributed by atoms with van der Waals surface area (Å²) in [4.78, 5) is 25.1. The zero-order chi connectivity index (χ0) is 19.8. The Bertz CT molecular complexity index is 535. The van der Waals surface area contributed by atoms with Crippen LogP contribution in [-0.4, -0.2) is 41.5 Å². The van der Waals surface area contributed by atoms with Crippen molar-refractivity contribution in [2.75, 3.05) is 0 Å². The van der Waals surface area contributed by atoms with Gasteiger partial charge in [0.15, 0.2) is 0 Å². The molecule has 0 aromatic heterocycles. The van der Waals surface area contributed by atoms with Gasteiger partial charge in [-0.05, 0) is 36.5 Å². The van der Waals surface area contributed by atoms with E-state index in [1.54, 1.807) is 0 Å². The van der Waals surface area contributed by atoms with E-state index in [1.165, 1.54) is 13.8 Å². The Morgan fingerprint density at radius 2 is 1.81 bits per heavy atom. The van der Waals surface area contributed by atoms with E-state index in [-0.39, 0.29) is 11.8 Å². The van der Waals surface area contributed by atoms with Gasteiger partial charge in [-0.1, -0.05) is 41.0 Å². The normalized spacial score (nSPS) is 32.9. The maximum atomic E-state index is 13.2. The summed E-state index contributed by atoms with van der Waals surface area (Å²) in [5.74, 6) is 0.142. The highest BCUT2D eigenvalue weighted by atomic mass is 19.4. The number of carbonyl (C=O) groups excluding carboxylic acids is 2. The van der Waals surface area contributed by atoms with E-state index in [9.17, 15) is 22.8 Å². The van der Waals surface area contributed by atoms with Gasteiger partial charge in [-0.3, -0.25) is 0 Å². The third-order valence-corrected chi connectivity index (χ3v) is 5.45. The number of hydrogen-bond acceptors (Lipinski definition) is 4. The molecule has 0 aromatic carbocycles. The molecule has 1 aliphatic heterocycles. The van der Waals surface area contributed by atoms with Crippen molar-refractivity contribution in [3.8, 4) is 0 Å². The van der Waals surface area contributed by atoms with Gasteiger partial charge in [0.2, 0.25) is 6.10 Å².